The number of Topliss-reactive ketones (excluding diaryl/α,β-unsaturated/α-hetero) is 1. The number of hydrogen-bond acceptors (Lipinski definition) is 3. The van der Waals surface area contributed by atoms with Gasteiger partial charge in [0.15, 0.2) is 5.78 Å². The second-order valence-corrected chi connectivity index (χ2v) is 2.79. The fraction of sp³-hybridized carbons (Fsp3) is 0.200. The SMILES string of the molecule is O=C(O)CNCC(=O)c1ccccc1. The molecule has 0 heterocycles. The van der Waals surface area contributed by atoms with Gasteiger partial charge < -0.3 is 5.11 Å². The molecule has 0 spiro atoms. The molecule has 4 nitrogen and oxygen atoms in total. The number of benzene rings is 1. The van der Waals surface area contributed by atoms with Gasteiger partial charge in [0.2, 0.25) is 0 Å². The van der Waals surface area contributed by atoms with Crippen molar-refractivity contribution < 1.29 is 14.7 Å². The van der Waals surface area contributed by atoms with E-state index in [1.807, 2.05) is 6.07 Å². The molecule has 1 aromatic carbocycles. The molecule has 0 aliphatic heterocycles. The maximum Gasteiger partial charge on any atom is 0.317 e. The number of rotatable bonds is 5. The summed E-state index contributed by atoms with van der Waals surface area (Å²) in [5, 5.41) is 10.9. The van der Waals surface area contributed by atoms with Crippen molar-refractivity contribution in [2.45, 2.75) is 0 Å². The van der Waals surface area contributed by atoms with Crippen molar-refractivity contribution >= 4 is 11.8 Å². The van der Waals surface area contributed by atoms with E-state index in [0.717, 1.165) is 0 Å². The monoisotopic (exact) mass is 193 g/mol. The number of ketones is 1. The first-order valence-electron chi connectivity index (χ1n) is 4.21. The van der Waals surface area contributed by atoms with Crippen molar-refractivity contribution in [1.82, 2.24) is 5.32 Å². The predicted octanol–water partition coefficient (Wildman–Crippen LogP) is 0.543. The summed E-state index contributed by atoms with van der Waals surface area (Å²) in [6, 6.07) is 8.76. The van der Waals surface area contributed by atoms with Crippen LogP contribution in [0.1, 0.15) is 10.4 Å². The highest BCUT2D eigenvalue weighted by Gasteiger charge is 2.04. The first-order valence-corrected chi connectivity index (χ1v) is 4.21. The molecule has 1 aromatic rings. The number of carboxylic acids is 1. The highest BCUT2D eigenvalue weighted by Crippen LogP contribution is 1.98. The molecule has 0 aromatic heterocycles. The fourth-order valence-electron chi connectivity index (χ4n) is 1.01. The third-order valence-electron chi connectivity index (χ3n) is 1.66. The second-order valence-electron chi connectivity index (χ2n) is 2.79. The number of carbonyl (C=O) groups is 2. The van der Waals surface area contributed by atoms with Crippen LogP contribution in [0.3, 0.4) is 0 Å². The number of hydrogen-bond donors (Lipinski definition) is 2. The molecular formula is C10H11NO3. The smallest absolute Gasteiger partial charge is 0.317 e. The maximum atomic E-state index is 11.4. The van der Waals surface area contributed by atoms with Crippen LogP contribution < -0.4 is 5.32 Å². The average molecular weight is 193 g/mol. The Labute approximate surface area is 81.6 Å². The van der Waals surface area contributed by atoms with Gasteiger partial charge in [0.05, 0.1) is 13.1 Å². The van der Waals surface area contributed by atoms with Crippen molar-refractivity contribution in [3.8, 4) is 0 Å². The molecule has 0 radical (unpaired) electrons. The van der Waals surface area contributed by atoms with Crippen LogP contribution in [0.25, 0.3) is 0 Å². The second kappa shape index (κ2) is 5.14. The molecule has 0 fully saturated rings. The molecule has 0 aliphatic carbocycles. The third kappa shape index (κ3) is 3.37. The topological polar surface area (TPSA) is 66.4 Å². The highest BCUT2D eigenvalue weighted by molar-refractivity contribution is 5.97. The predicted molar refractivity (Wildman–Crippen MR) is 51.3 cm³/mol. The largest absolute Gasteiger partial charge is 0.480 e. The van der Waals surface area contributed by atoms with E-state index in [4.69, 9.17) is 5.11 Å². The summed E-state index contributed by atoms with van der Waals surface area (Å²) < 4.78 is 0. The molecule has 1 rings (SSSR count). The van der Waals surface area contributed by atoms with Gasteiger partial charge in [0.1, 0.15) is 0 Å². The Morgan fingerprint density at radius 3 is 2.36 bits per heavy atom. The van der Waals surface area contributed by atoms with Gasteiger partial charge in [0, 0.05) is 5.56 Å². The van der Waals surface area contributed by atoms with Crippen molar-refractivity contribution in [1.29, 1.82) is 0 Å². The van der Waals surface area contributed by atoms with Crippen LogP contribution in [-0.2, 0) is 4.79 Å². The lowest BCUT2D eigenvalue weighted by atomic mass is 10.1. The Balaban J connectivity index is 2.40. The van der Waals surface area contributed by atoms with E-state index in [1.165, 1.54) is 0 Å². The standard InChI is InChI=1S/C10H11NO3/c12-9(6-11-7-10(13)14)8-4-2-1-3-5-8/h1-5,11H,6-7H2,(H,13,14). The molecule has 4 heteroatoms. The van der Waals surface area contributed by atoms with Gasteiger partial charge >= 0.3 is 5.97 Å². The van der Waals surface area contributed by atoms with Crippen LogP contribution in [0.5, 0.6) is 0 Å². The van der Waals surface area contributed by atoms with Crippen LogP contribution in [0.15, 0.2) is 30.3 Å². The number of carboxylic acid groups (broad SMARTS) is 1. The van der Waals surface area contributed by atoms with E-state index < -0.39 is 5.97 Å². The first kappa shape index (κ1) is 10.4. The average Bonchev–Trinajstić information content (AvgIpc) is 2.18. The number of aliphatic carboxylic acids is 1. The molecule has 74 valence electrons. The zero-order valence-corrected chi connectivity index (χ0v) is 7.56. The normalized spacial score (nSPS) is 9.71. The molecule has 14 heavy (non-hydrogen) atoms. The molecule has 0 atom stereocenters. The molecule has 0 bridgehead atoms. The van der Waals surface area contributed by atoms with E-state index >= 15 is 0 Å². The number of nitrogens with one attached hydrogen (secondary N) is 1. The van der Waals surface area contributed by atoms with Crippen molar-refractivity contribution in [3.05, 3.63) is 35.9 Å². The Bertz CT molecular complexity index is 321. The summed E-state index contributed by atoms with van der Waals surface area (Å²) >= 11 is 0. The van der Waals surface area contributed by atoms with E-state index in [2.05, 4.69) is 5.32 Å². The van der Waals surface area contributed by atoms with Crippen LogP contribution in [0, 0.1) is 0 Å². The molecular weight excluding hydrogens is 182 g/mol. The highest BCUT2D eigenvalue weighted by atomic mass is 16.4. The lowest BCUT2D eigenvalue weighted by molar-refractivity contribution is -0.135. The molecule has 0 saturated carbocycles. The summed E-state index contributed by atoms with van der Waals surface area (Å²) in [7, 11) is 0. The van der Waals surface area contributed by atoms with Crippen LogP contribution in [0.4, 0.5) is 0 Å². The fourth-order valence-corrected chi connectivity index (χ4v) is 1.01. The number of carbonyl (C=O) groups excluding carboxylic acids is 1. The minimum Gasteiger partial charge on any atom is -0.480 e. The van der Waals surface area contributed by atoms with E-state index in [-0.39, 0.29) is 18.9 Å². The summed E-state index contributed by atoms with van der Waals surface area (Å²) in [5.74, 6) is -1.07. The zero-order valence-electron chi connectivity index (χ0n) is 7.56. The van der Waals surface area contributed by atoms with Gasteiger partial charge in [-0.05, 0) is 0 Å². The van der Waals surface area contributed by atoms with E-state index in [0.29, 0.717) is 5.56 Å². The molecule has 0 aliphatic rings. The Kier molecular flexibility index (Phi) is 3.82. The van der Waals surface area contributed by atoms with Crippen molar-refractivity contribution in [2.24, 2.45) is 0 Å². The maximum absolute atomic E-state index is 11.4. The zero-order chi connectivity index (χ0) is 10.4. The van der Waals surface area contributed by atoms with Crippen molar-refractivity contribution in [3.63, 3.8) is 0 Å². The lowest BCUT2D eigenvalue weighted by Crippen LogP contribution is -2.28. The van der Waals surface area contributed by atoms with Gasteiger partial charge in [-0.3, -0.25) is 14.9 Å². The summed E-state index contributed by atoms with van der Waals surface area (Å²) in [5.41, 5.74) is 0.588. The van der Waals surface area contributed by atoms with Gasteiger partial charge in [0.25, 0.3) is 0 Å². The van der Waals surface area contributed by atoms with E-state index in [9.17, 15) is 9.59 Å². The molecule has 2 N–H and O–H groups in total. The van der Waals surface area contributed by atoms with Gasteiger partial charge in [-0.2, -0.15) is 0 Å². The van der Waals surface area contributed by atoms with Crippen molar-refractivity contribution in [2.75, 3.05) is 13.1 Å². The van der Waals surface area contributed by atoms with Crippen LogP contribution >= 0.6 is 0 Å². The summed E-state index contributed by atoms with van der Waals surface area (Å²) in [6.07, 6.45) is 0. The summed E-state index contributed by atoms with van der Waals surface area (Å²) in [6.45, 7) is -0.144. The minimum absolute atomic E-state index is 0.0519. The van der Waals surface area contributed by atoms with Gasteiger partial charge in [-0.15, -0.1) is 0 Å². The first-order chi connectivity index (χ1) is 6.70. The van der Waals surface area contributed by atoms with Gasteiger partial charge in [-0.1, -0.05) is 30.3 Å². The van der Waals surface area contributed by atoms with Crippen LogP contribution in [0.2, 0.25) is 0 Å². The lowest BCUT2D eigenvalue weighted by Gasteiger charge is -2.00. The Morgan fingerprint density at radius 2 is 1.79 bits per heavy atom. The Morgan fingerprint density at radius 1 is 1.14 bits per heavy atom. The van der Waals surface area contributed by atoms with Crippen LogP contribution in [-0.4, -0.2) is 29.9 Å². The molecule has 0 saturated heterocycles. The van der Waals surface area contributed by atoms with Gasteiger partial charge in [-0.25, -0.2) is 0 Å². The summed E-state index contributed by atoms with van der Waals surface area (Å²) in [4.78, 5) is 21.5. The minimum atomic E-state index is -0.967. The molecule has 0 amide bonds. The Hall–Kier alpha value is -1.68. The third-order valence-corrected chi connectivity index (χ3v) is 1.66. The molecule has 0 unspecified atom stereocenters. The van der Waals surface area contributed by atoms with E-state index in [1.54, 1.807) is 24.3 Å². The quantitative estimate of drug-likeness (QED) is 0.670.